The maximum Gasteiger partial charge on any atom is 0.461 e. The van der Waals surface area contributed by atoms with Gasteiger partial charge < -0.3 is 14.0 Å². The van der Waals surface area contributed by atoms with Crippen LogP contribution in [0.5, 0.6) is 5.75 Å². The number of ether oxygens (including phenoxy) is 1. The molecule has 134 valence electrons. The average molecular weight is 332 g/mol. The maximum absolute atomic E-state index is 6.27. The number of hydrogen-bond acceptors (Lipinski definition) is 3. The highest BCUT2D eigenvalue weighted by Gasteiger charge is 2.53. The van der Waals surface area contributed by atoms with Gasteiger partial charge in [-0.1, -0.05) is 38.3 Å². The number of methoxy groups -OCH3 is 1. The van der Waals surface area contributed by atoms with Gasteiger partial charge in [-0.05, 0) is 64.1 Å². The van der Waals surface area contributed by atoms with Crippen molar-refractivity contribution in [3.8, 4) is 5.75 Å². The van der Waals surface area contributed by atoms with Crippen molar-refractivity contribution in [2.75, 3.05) is 7.11 Å². The number of aryl methyl sites for hydroxylation is 1. The van der Waals surface area contributed by atoms with Crippen LogP contribution in [0, 0.1) is 0 Å². The predicted molar refractivity (Wildman–Crippen MR) is 101 cm³/mol. The standard InChI is InChI=1S/C20H33BO3/c1-7-9-17(21-23-19(2,3)20(4,5)24-21)11-8-10-16-12-14-18(22-6)15-13-16/h12-15,17H,7-11H2,1-6H3/t17-/m0/s1. The summed E-state index contributed by atoms with van der Waals surface area (Å²) in [7, 11) is 1.63. The van der Waals surface area contributed by atoms with Crippen molar-refractivity contribution in [1.82, 2.24) is 0 Å². The van der Waals surface area contributed by atoms with Gasteiger partial charge in [0.2, 0.25) is 0 Å². The number of hydrogen-bond donors (Lipinski definition) is 0. The van der Waals surface area contributed by atoms with Crippen LogP contribution in [0.3, 0.4) is 0 Å². The summed E-state index contributed by atoms with van der Waals surface area (Å²) in [4.78, 5) is 0. The van der Waals surface area contributed by atoms with E-state index in [0.29, 0.717) is 5.82 Å². The van der Waals surface area contributed by atoms with Crippen molar-refractivity contribution >= 4 is 7.12 Å². The van der Waals surface area contributed by atoms with Gasteiger partial charge in [-0.3, -0.25) is 0 Å². The first-order valence-corrected chi connectivity index (χ1v) is 9.27. The van der Waals surface area contributed by atoms with Gasteiger partial charge in [0.15, 0.2) is 0 Å². The molecule has 0 aromatic heterocycles. The van der Waals surface area contributed by atoms with E-state index in [1.54, 1.807) is 7.11 Å². The Labute approximate surface area is 148 Å². The molecule has 24 heavy (non-hydrogen) atoms. The fraction of sp³-hybridized carbons (Fsp3) is 0.700. The Morgan fingerprint density at radius 3 is 2.08 bits per heavy atom. The molecular formula is C20H33BO3. The Morgan fingerprint density at radius 1 is 1.00 bits per heavy atom. The highest BCUT2D eigenvalue weighted by Crippen LogP contribution is 2.42. The molecule has 0 N–H and O–H groups in total. The summed E-state index contributed by atoms with van der Waals surface area (Å²) >= 11 is 0. The van der Waals surface area contributed by atoms with E-state index in [2.05, 4.69) is 46.8 Å². The van der Waals surface area contributed by atoms with E-state index >= 15 is 0 Å². The summed E-state index contributed by atoms with van der Waals surface area (Å²) in [6.45, 7) is 10.8. The van der Waals surface area contributed by atoms with Gasteiger partial charge in [-0.15, -0.1) is 0 Å². The molecule has 1 atom stereocenters. The average Bonchev–Trinajstić information content (AvgIpc) is 2.75. The molecule has 0 radical (unpaired) electrons. The topological polar surface area (TPSA) is 27.7 Å². The molecule has 1 saturated heterocycles. The number of rotatable bonds is 8. The van der Waals surface area contributed by atoms with Gasteiger partial charge in [0.05, 0.1) is 18.3 Å². The van der Waals surface area contributed by atoms with E-state index in [1.165, 1.54) is 5.56 Å². The lowest BCUT2D eigenvalue weighted by Crippen LogP contribution is -2.41. The maximum atomic E-state index is 6.27. The molecular weight excluding hydrogens is 299 g/mol. The van der Waals surface area contributed by atoms with Crippen LogP contribution in [0.2, 0.25) is 5.82 Å². The number of benzene rings is 1. The monoisotopic (exact) mass is 332 g/mol. The Bertz CT molecular complexity index is 494. The van der Waals surface area contributed by atoms with Gasteiger partial charge >= 0.3 is 7.12 Å². The zero-order valence-corrected chi connectivity index (χ0v) is 16.2. The largest absolute Gasteiger partial charge is 0.497 e. The van der Waals surface area contributed by atoms with Crippen molar-refractivity contribution < 1.29 is 14.0 Å². The quantitative estimate of drug-likeness (QED) is 0.606. The molecule has 2 rings (SSSR count). The first-order valence-electron chi connectivity index (χ1n) is 9.27. The molecule has 4 heteroatoms. The Hall–Kier alpha value is -0.995. The van der Waals surface area contributed by atoms with Crippen LogP contribution in [-0.4, -0.2) is 25.4 Å². The lowest BCUT2D eigenvalue weighted by molar-refractivity contribution is 0.00578. The highest BCUT2D eigenvalue weighted by molar-refractivity contribution is 6.47. The Morgan fingerprint density at radius 2 is 1.58 bits per heavy atom. The smallest absolute Gasteiger partial charge is 0.461 e. The molecule has 1 aromatic carbocycles. The van der Waals surface area contributed by atoms with Crippen molar-refractivity contribution in [2.24, 2.45) is 0 Å². The third-order valence-electron chi connectivity index (χ3n) is 5.52. The van der Waals surface area contributed by atoms with E-state index in [4.69, 9.17) is 14.0 Å². The van der Waals surface area contributed by atoms with E-state index < -0.39 is 0 Å². The highest BCUT2D eigenvalue weighted by atomic mass is 16.7. The molecule has 3 nitrogen and oxygen atoms in total. The summed E-state index contributed by atoms with van der Waals surface area (Å²) in [6.07, 6.45) is 5.69. The van der Waals surface area contributed by atoms with Gasteiger partial charge in [-0.25, -0.2) is 0 Å². The minimum Gasteiger partial charge on any atom is -0.497 e. The lowest BCUT2D eigenvalue weighted by atomic mass is 9.67. The second-order valence-electron chi connectivity index (χ2n) is 7.91. The van der Waals surface area contributed by atoms with Gasteiger partial charge in [0, 0.05) is 0 Å². The molecule has 0 saturated carbocycles. The fourth-order valence-electron chi connectivity index (χ4n) is 3.23. The van der Waals surface area contributed by atoms with E-state index in [1.807, 2.05) is 12.1 Å². The third-order valence-corrected chi connectivity index (χ3v) is 5.52. The van der Waals surface area contributed by atoms with E-state index in [9.17, 15) is 0 Å². The van der Waals surface area contributed by atoms with Crippen LogP contribution in [-0.2, 0) is 15.7 Å². The third kappa shape index (κ3) is 4.55. The molecule has 0 amide bonds. The van der Waals surface area contributed by atoms with Crippen molar-refractivity contribution in [3.05, 3.63) is 29.8 Å². The summed E-state index contributed by atoms with van der Waals surface area (Å²) < 4.78 is 17.8. The first-order chi connectivity index (χ1) is 11.3. The van der Waals surface area contributed by atoms with Crippen molar-refractivity contribution in [1.29, 1.82) is 0 Å². The SMILES string of the molecule is CCC[C@@H](CCCc1ccc(OC)cc1)B1OC(C)(C)C(C)(C)O1. The molecule has 1 aliphatic heterocycles. The molecule has 0 bridgehead atoms. The first kappa shape index (κ1) is 19.3. The van der Waals surface area contributed by atoms with Crippen molar-refractivity contribution in [2.45, 2.75) is 83.7 Å². The van der Waals surface area contributed by atoms with Crippen LogP contribution in [0.4, 0.5) is 0 Å². The van der Waals surface area contributed by atoms with Crippen LogP contribution >= 0.6 is 0 Å². The fourth-order valence-corrected chi connectivity index (χ4v) is 3.23. The van der Waals surface area contributed by atoms with Crippen LogP contribution < -0.4 is 4.74 Å². The Kier molecular flexibility index (Phi) is 6.38. The predicted octanol–water partition coefficient (Wildman–Crippen LogP) is 5.28. The zero-order chi connectivity index (χ0) is 17.8. The van der Waals surface area contributed by atoms with Gasteiger partial charge in [-0.2, -0.15) is 0 Å². The molecule has 1 fully saturated rings. The second-order valence-corrected chi connectivity index (χ2v) is 7.91. The molecule has 0 spiro atoms. The van der Waals surface area contributed by atoms with Gasteiger partial charge in [0.1, 0.15) is 5.75 Å². The molecule has 1 aliphatic rings. The van der Waals surface area contributed by atoms with Crippen LogP contribution in [0.15, 0.2) is 24.3 Å². The molecule has 1 heterocycles. The summed E-state index contributed by atoms with van der Waals surface area (Å²) in [6, 6.07) is 8.38. The van der Waals surface area contributed by atoms with Gasteiger partial charge in [0.25, 0.3) is 0 Å². The molecule has 1 aromatic rings. The minimum absolute atomic E-state index is 0.0779. The normalized spacial score (nSPS) is 20.2. The van der Waals surface area contributed by atoms with Crippen molar-refractivity contribution in [3.63, 3.8) is 0 Å². The second kappa shape index (κ2) is 7.92. The van der Waals surface area contributed by atoms with E-state index in [-0.39, 0.29) is 18.3 Å². The minimum atomic E-state index is -0.236. The van der Waals surface area contributed by atoms with E-state index in [0.717, 1.165) is 37.9 Å². The summed E-state index contributed by atoms with van der Waals surface area (Å²) in [5.74, 6) is 1.38. The van der Waals surface area contributed by atoms with Crippen LogP contribution in [0.1, 0.15) is 65.9 Å². The van der Waals surface area contributed by atoms with Crippen LogP contribution in [0.25, 0.3) is 0 Å². The Balaban J connectivity index is 1.89. The zero-order valence-electron chi connectivity index (χ0n) is 16.2. The molecule has 0 aliphatic carbocycles. The lowest BCUT2D eigenvalue weighted by Gasteiger charge is -2.32. The summed E-state index contributed by atoms with van der Waals surface area (Å²) in [5, 5.41) is 0. The molecule has 0 unspecified atom stereocenters. The summed E-state index contributed by atoms with van der Waals surface area (Å²) in [5.41, 5.74) is 0.888.